The van der Waals surface area contributed by atoms with Crippen molar-refractivity contribution in [2.45, 2.75) is 22.9 Å². The SMILES string of the molecule is C[C@@H](O)c1ccc(C#N)cc1Sc1ccc(Br)cn1. The molecule has 0 unspecified atom stereocenters. The minimum atomic E-state index is -0.578. The summed E-state index contributed by atoms with van der Waals surface area (Å²) in [6.07, 6.45) is 1.14. The molecule has 5 heteroatoms. The first kappa shape index (κ1) is 14.1. The molecule has 1 atom stereocenters. The van der Waals surface area contributed by atoms with Gasteiger partial charge in [-0.05, 0) is 52.7 Å². The lowest BCUT2D eigenvalue weighted by Crippen LogP contribution is -1.95. The summed E-state index contributed by atoms with van der Waals surface area (Å²) in [6.45, 7) is 1.71. The van der Waals surface area contributed by atoms with Gasteiger partial charge in [0.25, 0.3) is 0 Å². The zero-order chi connectivity index (χ0) is 13.8. The van der Waals surface area contributed by atoms with E-state index in [9.17, 15) is 5.11 Å². The molecule has 0 fully saturated rings. The Kier molecular flexibility index (Phi) is 4.59. The highest BCUT2D eigenvalue weighted by atomic mass is 79.9. The topological polar surface area (TPSA) is 56.9 Å². The molecule has 96 valence electrons. The number of rotatable bonds is 3. The first-order valence-corrected chi connectivity index (χ1v) is 7.22. The monoisotopic (exact) mass is 334 g/mol. The summed E-state index contributed by atoms with van der Waals surface area (Å²) in [5.41, 5.74) is 1.37. The van der Waals surface area contributed by atoms with Crippen LogP contribution < -0.4 is 0 Å². The number of nitriles is 1. The zero-order valence-corrected chi connectivity index (χ0v) is 12.6. The Morgan fingerprint density at radius 2 is 2.16 bits per heavy atom. The lowest BCUT2D eigenvalue weighted by atomic mass is 10.1. The van der Waals surface area contributed by atoms with Gasteiger partial charge in [-0.25, -0.2) is 4.98 Å². The summed E-state index contributed by atoms with van der Waals surface area (Å²) in [5, 5.41) is 19.5. The quantitative estimate of drug-likeness (QED) is 0.924. The van der Waals surface area contributed by atoms with E-state index in [2.05, 4.69) is 27.0 Å². The number of aromatic nitrogens is 1. The van der Waals surface area contributed by atoms with E-state index in [1.54, 1.807) is 31.3 Å². The summed E-state index contributed by atoms with van der Waals surface area (Å²) >= 11 is 4.77. The van der Waals surface area contributed by atoms with Crippen molar-refractivity contribution in [3.8, 4) is 6.07 Å². The third-order valence-corrected chi connectivity index (χ3v) is 4.00. The molecule has 19 heavy (non-hydrogen) atoms. The predicted molar refractivity (Wildman–Crippen MR) is 77.9 cm³/mol. The standard InChI is InChI=1S/C14H11BrN2OS/c1-9(18)12-4-2-10(7-16)6-13(12)19-14-5-3-11(15)8-17-14/h2-6,8-9,18H,1H3/t9-/m1/s1. The molecule has 3 nitrogen and oxygen atoms in total. The molecular weight excluding hydrogens is 324 g/mol. The molecule has 0 aliphatic heterocycles. The Bertz CT molecular complexity index is 620. The van der Waals surface area contributed by atoms with Crippen molar-refractivity contribution in [3.05, 3.63) is 52.1 Å². The van der Waals surface area contributed by atoms with E-state index in [0.29, 0.717) is 5.56 Å². The number of halogens is 1. The van der Waals surface area contributed by atoms with Crippen molar-refractivity contribution < 1.29 is 5.11 Å². The maximum absolute atomic E-state index is 9.77. The average Bonchev–Trinajstić information content (AvgIpc) is 2.41. The summed E-state index contributed by atoms with van der Waals surface area (Å²) in [6, 6.07) is 11.2. The number of aliphatic hydroxyl groups is 1. The molecule has 1 heterocycles. The predicted octanol–water partition coefficient (Wildman–Crippen LogP) is 3.92. The highest BCUT2D eigenvalue weighted by Crippen LogP contribution is 2.33. The summed E-state index contributed by atoms with van der Waals surface area (Å²) in [5.74, 6) is 0. The minimum absolute atomic E-state index is 0.573. The molecule has 0 aliphatic carbocycles. The molecule has 1 aromatic carbocycles. The highest BCUT2D eigenvalue weighted by molar-refractivity contribution is 9.10. The van der Waals surface area contributed by atoms with Crippen molar-refractivity contribution >= 4 is 27.7 Å². The Balaban J connectivity index is 2.37. The van der Waals surface area contributed by atoms with Crippen molar-refractivity contribution in [2.24, 2.45) is 0 Å². The fraction of sp³-hybridized carbons (Fsp3) is 0.143. The molecule has 2 rings (SSSR count). The summed E-state index contributed by atoms with van der Waals surface area (Å²) in [7, 11) is 0. The van der Waals surface area contributed by atoms with E-state index >= 15 is 0 Å². The molecule has 0 aliphatic rings. The largest absolute Gasteiger partial charge is 0.389 e. The van der Waals surface area contributed by atoms with Gasteiger partial charge in [-0.15, -0.1) is 0 Å². The van der Waals surface area contributed by atoms with Gasteiger partial charge in [0.15, 0.2) is 0 Å². The van der Waals surface area contributed by atoms with Gasteiger partial charge < -0.3 is 5.11 Å². The van der Waals surface area contributed by atoms with E-state index < -0.39 is 6.10 Å². The van der Waals surface area contributed by atoms with Crippen LogP contribution in [-0.4, -0.2) is 10.1 Å². The number of pyridine rings is 1. The molecule has 0 saturated heterocycles. The number of aliphatic hydroxyl groups excluding tert-OH is 1. The Labute approximate surface area is 124 Å². The van der Waals surface area contributed by atoms with Crippen molar-refractivity contribution in [3.63, 3.8) is 0 Å². The van der Waals surface area contributed by atoms with Crippen LogP contribution in [0.1, 0.15) is 24.2 Å². The van der Waals surface area contributed by atoms with Crippen LogP contribution in [0.3, 0.4) is 0 Å². The molecule has 0 amide bonds. The van der Waals surface area contributed by atoms with Crippen molar-refractivity contribution in [1.29, 1.82) is 5.26 Å². The van der Waals surface area contributed by atoms with E-state index in [1.165, 1.54) is 11.8 Å². The maximum atomic E-state index is 9.77. The fourth-order valence-electron chi connectivity index (χ4n) is 1.57. The van der Waals surface area contributed by atoms with Crippen LogP contribution in [0.25, 0.3) is 0 Å². The van der Waals surface area contributed by atoms with Crippen LogP contribution in [0.2, 0.25) is 0 Å². The number of nitrogens with zero attached hydrogens (tertiary/aromatic N) is 2. The molecule has 0 spiro atoms. The number of benzene rings is 1. The van der Waals surface area contributed by atoms with E-state index in [0.717, 1.165) is 20.0 Å². The van der Waals surface area contributed by atoms with Gasteiger partial charge >= 0.3 is 0 Å². The van der Waals surface area contributed by atoms with Crippen LogP contribution in [0.5, 0.6) is 0 Å². The summed E-state index contributed by atoms with van der Waals surface area (Å²) < 4.78 is 0.915. The Hall–Kier alpha value is -1.35. The van der Waals surface area contributed by atoms with Gasteiger partial charge in [-0.2, -0.15) is 5.26 Å². The molecule has 1 N–H and O–H groups in total. The van der Waals surface area contributed by atoms with Crippen LogP contribution in [0, 0.1) is 11.3 Å². The van der Waals surface area contributed by atoms with Crippen LogP contribution >= 0.6 is 27.7 Å². The van der Waals surface area contributed by atoms with E-state index in [-0.39, 0.29) is 0 Å². The van der Waals surface area contributed by atoms with Gasteiger partial charge in [0.2, 0.25) is 0 Å². The van der Waals surface area contributed by atoms with E-state index in [1.807, 2.05) is 12.1 Å². The Morgan fingerprint density at radius 3 is 2.74 bits per heavy atom. The van der Waals surface area contributed by atoms with Crippen molar-refractivity contribution in [1.82, 2.24) is 4.98 Å². The maximum Gasteiger partial charge on any atom is 0.101 e. The molecule has 0 bridgehead atoms. The van der Waals surface area contributed by atoms with Gasteiger partial charge in [0.1, 0.15) is 5.03 Å². The first-order chi connectivity index (χ1) is 9.10. The van der Waals surface area contributed by atoms with Crippen molar-refractivity contribution in [2.75, 3.05) is 0 Å². The Morgan fingerprint density at radius 1 is 1.37 bits per heavy atom. The summed E-state index contributed by atoms with van der Waals surface area (Å²) in [4.78, 5) is 5.13. The molecule has 0 saturated carbocycles. The molecular formula is C14H11BrN2OS. The number of hydrogen-bond acceptors (Lipinski definition) is 4. The third-order valence-electron chi connectivity index (χ3n) is 2.51. The van der Waals surface area contributed by atoms with Gasteiger partial charge in [0, 0.05) is 15.6 Å². The van der Waals surface area contributed by atoms with Crippen LogP contribution in [0.4, 0.5) is 0 Å². The lowest BCUT2D eigenvalue weighted by Gasteiger charge is -2.11. The molecule has 2 aromatic rings. The van der Waals surface area contributed by atoms with Gasteiger partial charge in [-0.1, -0.05) is 17.8 Å². The first-order valence-electron chi connectivity index (χ1n) is 5.61. The highest BCUT2D eigenvalue weighted by Gasteiger charge is 2.11. The lowest BCUT2D eigenvalue weighted by molar-refractivity contribution is 0.196. The smallest absolute Gasteiger partial charge is 0.101 e. The second-order valence-corrected chi connectivity index (χ2v) is 5.94. The minimum Gasteiger partial charge on any atom is -0.389 e. The zero-order valence-electron chi connectivity index (χ0n) is 10.2. The van der Waals surface area contributed by atoms with Gasteiger partial charge in [-0.3, -0.25) is 0 Å². The van der Waals surface area contributed by atoms with Gasteiger partial charge in [0.05, 0.1) is 17.7 Å². The van der Waals surface area contributed by atoms with Crippen LogP contribution in [-0.2, 0) is 0 Å². The van der Waals surface area contributed by atoms with Crippen LogP contribution in [0.15, 0.2) is 50.9 Å². The number of hydrogen-bond donors (Lipinski definition) is 1. The third kappa shape index (κ3) is 3.57. The molecule has 0 radical (unpaired) electrons. The second-order valence-electron chi connectivity index (χ2n) is 3.96. The van der Waals surface area contributed by atoms with E-state index in [4.69, 9.17) is 5.26 Å². The fourth-order valence-corrected chi connectivity index (χ4v) is 2.82. The molecule has 1 aromatic heterocycles. The second kappa shape index (κ2) is 6.20. The normalized spacial score (nSPS) is 11.9. The average molecular weight is 335 g/mol.